The summed E-state index contributed by atoms with van der Waals surface area (Å²) in [6.45, 7) is 7.16. The largest absolute Gasteiger partial charge is 0.497 e. The zero-order valence-electron chi connectivity index (χ0n) is 19.4. The van der Waals surface area contributed by atoms with Crippen LogP contribution >= 0.6 is 0 Å². The number of aromatic nitrogens is 3. The number of fused-ring (bicyclic) bond motifs is 1. The summed E-state index contributed by atoms with van der Waals surface area (Å²) in [5.74, 6) is 2.46. The highest BCUT2D eigenvalue weighted by Crippen LogP contribution is 2.31. The fourth-order valence-electron chi connectivity index (χ4n) is 4.05. The Labute approximate surface area is 189 Å². The second-order valence-corrected chi connectivity index (χ2v) is 7.94. The number of nitrogens with zero attached hydrogens (tertiary/aromatic N) is 3. The molecule has 6 nitrogen and oxygen atoms in total. The molecule has 0 fully saturated rings. The van der Waals surface area contributed by atoms with Crippen LogP contribution in [-0.4, -0.2) is 35.4 Å². The van der Waals surface area contributed by atoms with E-state index in [0.717, 1.165) is 59.3 Å². The number of rotatable bonds is 8. The highest BCUT2D eigenvalue weighted by atomic mass is 16.5. The molecular formula is C26H30N4O2. The van der Waals surface area contributed by atoms with Crippen molar-refractivity contribution in [3.63, 3.8) is 0 Å². The number of methoxy groups -OCH3 is 2. The summed E-state index contributed by atoms with van der Waals surface area (Å²) in [5, 5.41) is 8.54. The van der Waals surface area contributed by atoms with E-state index in [-0.39, 0.29) is 0 Å². The van der Waals surface area contributed by atoms with Gasteiger partial charge in [0.2, 0.25) is 0 Å². The first-order valence-corrected chi connectivity index (χ1v) is 10.9. The molecule has 6 heteroatoms. The maximum Gasteiger partial charge on any atom is 0.158 e. The first kappa shape index (κ1) is 21.7. The third-order valence-corrected chi connectivity index (χ3v) is 5.70. The van der Waals surface area contributed by atoms with E-state index in [9.17, 15) is 0 Å². The number of nitrogens with one attached hydrogen (secondary N) is 1. The first-order valence-electron chi connectivity index (χ1n) is 10.9. The maximum atomic E-state index is 5.43. The number of hydrogen-bond donors (Lipinski definition) is 1. The van der Waals surface area contributed by atoms with Gasteiger partial charge in [0.05, 0.1) is 19.9 Å². The molecule has 2 aromatic carbocycles. The van der Waals surface area contributed by atoms with E-state index in [0.29, 0.717) is 0 Å². The molecule has 0 unspecified atom stereocenters. The van der Waals surface area contributed by atoms with E-state index in [1.165, 1.54) is 16.7 Å². The Kier molecular flexibility index (Phi) is 6.30. The maximum absolute atomic E-state index is 5.43. The van der Waals surface area contributed by atoms with E-state index in [4.69, 9.17) is 19.6 Å². The summed E-state index contributed by atoms with van der Waals surface area (Å²) in [4.78, 5) is 4.81. The van der Waals surface area contributed by atoms with Crippen LogP contribution in [0.1, 0.15) is 29.3 Å². The van der Waals surface area contributed by atoms with Gasteiger partial charge in [-0.05, 0) is 44.4 Å². The molecule has 4 aromatic rings. The second kappa shape index (κ2) is 9.30. The monoisotopic (exact) mass is 430 g/mol. The van der Waals surface area contributed by atoms with Crippen LogP contribution in [0.2, 0.25) is 0 Å². The number of hydrogen-bond acceptors (Lipinski definition) is 5. The van der Waals surface area contributed by atoms with Gasteiger partial charge in [0.1, 0.15) is 17.3 Å². The molecule has 2 heterocycles. The minimum Gasteiger partial charge on any atom is -0.497 e. The Balaban J connectivity index is 1.71. The number of anilines is 1. The van der Waals surface area contributed by atoms with Gasteiger partial charge in [-0.3, -0.25) is 0 Å². The quantitative estimate of drug-likeness (QED) is 0.414. The molecule has 0 aliphatic carbocycles. The van der Waals surface area contributed by atoms with Crippen molar-refractivity contribution < 1.29 is 9.47 Å². The average molecular weight is 431 g/mol. The lowest BCUT2D eigenvalue weighted by Gasteiger charge is -2.15. The van der Waals surface area contributed by atoms with Crippen LogP contribution in [0, 0.1) is 13.8 Å². The van der Waals surface area contributed by atoms with Crippen molar-refractivity contribution in [2.75, 3.05) is 26.1 Å². The van der Waals surface area contributed by atoms with Crippen molar-refractivity contribution in [1.29, 1.82) is 0 Å². The summed E-state index contributed by atoms with van der Waals surface area (Å²) in [7, 11) is 3.30. The molecule has 32 heavy (non-hydrogen) atoms. The van der Waals surface area contributed by atoms with Crippen LogP contribution in [-0.2, 0) is 12.8 Å². The number of ether oxygens (including phenoxy) is 2. The molecule has 4 rings (SSSR count). The minimum atomic E-state index is 0.728. The van der Waals surface area contributed by atoms with E-state index in [2.05, 4.69) is 50.4 Å². The zero-order chi connectivity index (χ0) is 22.7. The number of aryl methyl sites for hydroxylation is 2. The summed E-state index contributed by atoms with van der Waals surface area (Å²) < 4.78 is 12.8. The van der Waals surface area contributed by atoms with Crippen LogP contribution in [0.3, 0.4) is 0 Å². The van der Waals surface area contributed by atoms with Gasteiger partial charge in [-0.25, -0.2) is 4.98 Å². The van der Waals surface area contributed by atoms with Crippen LogP contribution in [0.5, 0.6) is 11.5 Å². The lowest BCUT2D eigenvalue weighted by atomic mass is 10.1. The molecule has 0 amide bonds. The van der Waals surface area contributed by atoms with Crippen molar-refractivity contribution in [1.82, 2.24) is 14.6 Å². The molecule has 0 atom stereocenters. The lowest BCUT2D eigenvalue weighted by molar-refractivity contribution is 0.394. The van der Waals surface area contributed by atoms with E-state index in [1.807, 2.05) is 28.8 Å². The molecule has 0 aliphatic heterocycles. The van der Waals surface area contributed by atoms with E-state index in [1.54, 1.807) is 14.2 Å². The smallest absolute Gasteiger partial charge is 0.158 e. The average Bonchev–Trinajstić information content (AvgIpc) is 3.22. The van der Waals surface area contributed by atoms with E-state index >= 15 is 0 Å². The van der Waals surface area contributed by atoms with Crippen LogP contribution in [0.25, 0.3) is 16.9 Å². The highest BCUT2D eigenvalue weighted by molar-refractivity contribution is 5.69. The predicted molar refractivity (Wildman–Crippen MR) is 129 cm³/mol. The van der Waals surface area contributed by atoms with Crippen molar-refractivity contribution in [2.45, 2.75) is 33.6 Å². The van der Waals surface area contributed by atoms with E-state index < -0.39 is 0 Å². The van der Waals surface area contributed by atoms with Gasteiger partial charge in [-0.15, -0.1) is 0 Å². The topological polar surface area (TPSA) is 60.7 Å². The molecule has 0 radical (unpaired) electrons. The Morgan fingerprint density at radius 3 is 2.38 bits per heavy atom. The van der Waals surface area contributed by atoms with Crippen molar-refractivity contribution >= 4 is 11.5 Å². The Morgan fingerprint density at radius 1 is 0.969 bits per heavy atom. The predicted octanol–water partition coefficient (Wildman–Crippen LogP) is 5.25. The van der Waals surface area contributed by atoms with Gasteiger partial charge in [-0.2, -0.15) is 9.61 Å². The lowest BCUT2D eigenvalue weighted by Crippen LogP contribution is -2.13. The Morgan fingerprint density at radius 2 is 1.72 bits per heavy atom. The van der Waals surface area contributed by atoms with Crippen molar-refractivity contribution in [3.8, 4) is 22.8 Å². The molecular weight excluding hydrogens is 400 g/mol. The van der Waals surface area contributed by atoms with Gasteiger partial charge in [0.25, 0.3) is 0 Å². The van der Waals surface area contributed by atoms with Gasteiger partial charge < -0.3 is 14.8 Å². The Bertz CT molecular complexity index is 1220. The van der Waals surface area contributed by atoms with Crippen LogP contribution in [0.4, 0.5) is 5.82 Å². The standard InChI is InChI=1S/C26H30N4O2/c1-6-23-18(3)28-25-16-24(20-13-21(31-4)15-22(14-20)32-5)29-30(25)26(23)27-11-10-19-9-7-8-17(2)12-19/h7-9,12-16,27H,6,10-11H2,1-5H3. The zero-order valence-corrected chi connectivity index (χ0v) is 19.4. The van der Waals surface area contributed by atoms with Gasteiger partial charge in [-0.1, -0.05) is 36.8 Å². The molecule has 0 saturated carbocycles. The third kappa shape index (κ3) is 4.40. The van der Waals surface area contributed by atoms with Crippen molar-refractivity contribution in [3.05, 3.63) is 70.9 Å². The molecule has 2 aromatic heterocycles. The normalized spacial score (nSPS) is 11.0. The minimum absolute atomic E-state index is 0.728. The van der Waals surface area contributed by atoms with Gasteiger partial charge in [0, 0.05) is 35.5 Å². The molecule has 166 valence electrons. The fraction of sp³-hybridized carbons (Fsp3) is 0.308. The van der Waals surface area contributed by atoms with Gasteiger partial charge >= 0.3 is 0 Å². The Hall–Kier alpha value is -3.54. The molecule has 0 spiro atoms. The molecule has 0 bridgehead atoms. The first-order chi connectivity index (χ1) is 15.5. The summed E-state index contributed by atoms with van der Waals surface area (Å²) >= 11 is 0. The SMILES string of the molecule is CCc1c(C)nc2cc(-c3cc(OC)cc(OC)c3)nn2c1NCCc1cccc(C)c1. The van der Waals surface area contributed by atoms with Crippen LogP contribution < -0.4 is 14.8 Å². The highest BCUT2D eigenvalue weighted by Gasteiger charge is 2.16. The summed E-state index contributed by atoms with van der Waals surface area (Å²) in [5.41, 5.74) is 7.37. The van der Waals surface area contributed by atoms with Crippen LogP contribution in [0.15, 0.2) is 48.5 Å². The summed E-state index contributed by atoms with van der Waals surface area (Å²) in [6.07, 6.45) is 1.82. The second-order valence-electron chi connectivity index (χ2n) is 7.94. The third-order valence-electron chi connectivity index (χ3n) is 5.70. The van der Waals surface area contributed by atoms with Gasteiger partial charge in [0.15, 0.2) is 5.65 Å². The molecule has 1 N–H and O–H groups in total. The van der Waals surface area contributed by atoms with Crippen molar-refractivity contribution in [2.24, 2.45) is 0 Å². The summed E-state index contributed by atoms with van der Waals surface area (Å²) in [6, 6.07) is 16.4. The molecule has 0 aliphatic rings. The number of benzene rings is 2. The molecule has 0 saturated heterocycles. The fourth-order valence-corrected chi connectivity index (χ4v) is 4.05.